The Labute approximate surface area is 145 Å². The molecule has 0 bridgehead atoms. The van der Waals surface area contributed by atoms with Gasteiger partial charge < -0.3 is 0 Å². The zero-order valence-electron chi connectivity index (χ0n) is 16.1. The molecule has 0 nitrogen and oxygen atoms in total. The van der Waals surface area contributed by atoms with Crippen molar-refractivity contribution in [1.82, 2.24) is 0 Å². The highest BCUT2D eigenvalue weighted by molar-refractivity contribution is 6.89. The Kier molecular flexibility index (Phi) is 4.80. The molecule has 0 N–H and O–H groups in total. The second-order valence-electron chi connectivity index (χ2n) is 9.28. The molecule has 0 aliphatic carbocycles. The fraction of sp³-hybridized carbons (Fsp3) is 0.429. The largest absolute Gasteiger partial charge is 0.0775 e. The zero-order chi connectivity index (χ0) is 17.5. The molecular weight excluding hydrogens is 308 g/mol. The summed E-state index contributed by atoms with van der Waals surface area (Å²) in [7, 11) is -2.44. The average Bonchev–Trinajstić information content (AvgIpc) is 2.46. The Morgan fingerprint density at radius 2 is 0.783 bits per heavy atom. The number of hydrogen-bond donors (Lipinski definition) is 0. The van der Waals surface area contributed by atoms with Crippen molar-refractivity contribution in [3.05, 3.63) is 59.7 Å². The van der Waals surface area contributed by atoms with Crippen molar-refractivity contribution in [3.63, 3.8) is 0 Å². The van der Waals surface area contributed by atoms with Crippen molar-refractivity contribution in [1.29, 1.82) is 0 Å². The molecule has 124 valence electrons. The van der Waals surface area contributed by atoms with Gasteiger partial charge in [-0.15, -0.1) is 0 Å². The van der Waals surface area contributed by atoms with Gasteiger partial charge in [-0.25, -0.2) is 0 Å². The van der Waals surface area contributed by atoms with E-state index in [1.807, 2.05) is 0 Å². The third-order valence-electron chi connectivity index (χ3n) is 4.95. The van der Waals surface area contributed by atoms with Crippen molar-refractivity contribution >= 4 is 26.5 Å². The van der Waals surface area contributed by atoms with Crippen LogP contribution in [0.3, 0.4) is 0 Å². The molecule has 0 amide bonds. The van der Waals surface area contributed by atoms with Gasteiger partial charge in [-0.1, -0.05) is 112 Å². The molecule has 0 aliphatic rings. The van der Waals surface area contributed by atoms with Gasteiger partial charge in [0.1, 0.15) is 0 Å². The molecule has 0 unspecified atom stereocenters. The van der Waals surface area contributed by atoms with Gasteiger partial charge in [-0.3, -0.25) is 0 Å². The Bertz CT molecular complexity index is 591. The topological polar surface area (TPSA) is 0 Å². The highest BCUT2D eigenvalue weighted by Gasteiger charge is 2.25. The maximum Gasteiger partial charge on any atom is 0.0775 e. The van der Waals surface area contributed by atoms with Crippen molar-refractivity contribution in [3.8, 4) is 0 Å². The van der Waals surface area contributed by atoms with Gasteiger partial charge in [0.25, 0.3) is 0 Å². The van der Waals surface area contributed by atoms with Crippen LogP contribution in [0, 0.1) is 0 Å². The van der Waals surface area contributed by atoms with Crippen LogP contribution in [0.1, 0.15) is 25.0 Å². The molecule has 2 aromatic rings. The summed E-state index contributed by atoms with van der Waals surface area (Å²) in [6, 6.07) is 18.7. The Balaban J connectivity index is 2.34. The fourth-order valence-corrected chi connectivity index (χ4v) is 5.27. The molecule has 0 heterocycles. The van der Waals surface area contributed by atoms with E-state index in [2.05, 4.69) is 102 Å². The molecule has 0 atom stereocenters. The van der Waals surface area contributed by atoms with Crippen molar-refractivity contribution in [2.45, 2.75) is 58.5 Å². The summed E-state index contributed by atoms with van der Waals surface area (Å²) in [5, 5.41) is 3.07. The van der Waals surface area contributed by atoms with Crippen LogP contribution in [0.4, 0.5) is 0 Å². The van der Waals surface area contributed by atoms with E-state index in [0.29, 0.717) is 0 Å². The molecule has 23 heavy (non-hydrogen) atoms. The van der Waals surface area contributed by atoms with E-state index in [1.54, 1.807) is 0 Å². The average molecular weight is 341 g/mol. The van der Waals surface area contributed by atoms with Crippen LogP contribution < -0.4 is 10.4 Å². The van der Waals surface area contributed by atoms with Crippen LogP contribution in [0.2, 0.25) is 39.3 Å². The maximum absolute atomic E-state index is 2.41. The lowest BCUT2D eigenvalue weighted by molar-refractivity contribution is 0.641. The van der Waals surface area contributed by atoms with Crippen molar-refractivity contribution < 1.29 is 0 Å². The summed E-state index contributed by atoms with van der Waals surface area (Å²) in [6.45, 7) is 19.1. The van der Waals surface area contributed by atoms with Crippen LogP contribution in [-0.2, 0) is 5.41 Å². The normalized spacial score (nSPS) is 13.2. The summed E-state index contributed by atoms with van der Waals surface area (Å²) in [6.07, 6.45) is 0. The van der Waals surface area contributed by atoms with Crippen LogP contribution in [0.25, 0.3) is 0 Å². The molecule has 0 fully saturated rings. The molecule has 0 radical (unpaired) electrons. The van der Waals surface area contributed by atoms with E-state index in [-0.39, 0.29) is 5.41 Å². The molecule has 0 aromatic heterocycles. The van der Waals surface area contributed by atoms with Gasteiger partial charge in [0.15, 0.2) is 0 Å². The van der Waals surface area contributed by atoms with Crippen LogP contribution >= 0.6 is 0 Å². The van der Waals surface area contributed by atoms with Gasteiger partial charge in [0, 0.05) is 5.41 Å². The summed E-state index contributed by atoms with van der Waals surface area (Å²) >= 11 is 0. The fourth-order valence-electron chi connectivity index (χ4n) is 2.94. The predicted molar refractivity (Wildman–Crippen MR) is 111 cm³/mol. The van der Waals surface area contributed by atoms with Gasteiger partial charge in [-0.2, -0.15) is 0 Å². The van der Waals surface area contributed by atoms with E-state index in [0.717, 1.165) is 0 Å². The third-order valence-corrected chi connectivity index (χ3v) is 9.08. The number of hydrogen-bond acceptors (Lipinski definition) is 0. The predicted octanol–water partition coefficient (Wildman–Crippen LogP) is 5.10. The first kappa shape index (κ1) is 18.2. The van der Waals surface area contributed by atoms with Gasteiger partial charge in [0.2, 0.25) is 0 Å². The van der Waals surface area contributed by atoms with E-state index in [4.69, 9.17) is 0 Å². The Morgan fingerprint density at radius 1 is 0.522 bits per heavy atom. The quantitative estimate of drug-likeness (QED) is 0.679. The summed E-state index contributed by atoms with van der Waals surface area (Å²) in [4.78, 5) is 0. The van der Waals surface area contributed by atoms with Gasteiger partial charge in [-0.05, 0) is 11.1 Å². The summed E-state index contributed by atoms with van der Waals surface area (Å²) < 4.78 is 0. The lowest BCUT2D eigenvalue weighted by atomic mass is 9.78. The smallest absolute Gasteiger partial charge is 0.0656 e. The summed E-state index contributed by atoms with van der Waals surface area (Å²) in [5.41, 5.74) is 2.86. The monoisotopic (exact) mass is 340 g/mol. The van der Waals surface area contributed by atoms with E-state index >= 15 is 0 Å². The standard InChI is InChI=1S/C21H32Si2/c1-21(2,17-9-13-19(14-10-17)22(3,4)5)18-11-15-20(16-12-18)23(6,7)8/h9-16H,1-8H3. The van der Waals surface area contributed by atoms with E-state index in [9.17, 15) is 0 Å². The molecule has 0 aliphatic heterocycles. The number of benzene rings is 2. The molecule has 2 aromatic carbocycles. The molecule has 0 saturated heterocycles. The minimum absolute atomic E-state index is 0.0515. The van der Waals surface area contributed by atoms with Crippen molar-refractivity contribution in [2.75, 3.05) is 0 Å². The maximum atomic E-state index is 2.41. The first-order chi connectivity index (χ1) is 10.4. The van der Waals surface area contributed by atoms with Gasteiger partial charge >= 0.3 is 0 Å². The molecule has 2 rings (SSSR count). The first-order valence-electron chi connectivity index (χ1n) is 8.64. The highest BCUT2D eigenvalue weighted by atomic mass is 28.3. The second-order valence-corrected chi connectivity index (χ2v) is 19.4. The van der Waals surface area contributed by atoms with Crippen molar-refractivity contribution in [2.24, 2.45) is 0 Å². The zero-order valence-corrected chi connectivity index (χ0v) is 18.1. The lowest BCUT2D eigenvalue weighted by Crippen LogP contribution is -2.38. The Hall–Kier alpha value is -1.13. The van der Waals surface area contributed by atoms with E-state index < -0.39 is 16.1 Å². The minimum atomic E-state index is -1.22. The van der Waals surface area contributed by atoms with Gasteiger partial charge in [0.05, 0.1) is 16.1 Å². The third kappa shape index (κ3) is 4.05. The molecule has 0 saturated carbocycles. The van der Waals surface area contributed by atoms with Crippen LogP contribution in [-0.4, -0.2) is 16.1 Å². The minimum Gasteiger partial charge on any atom is -0.0656 e. The van der Waals surface area contributed by atoms with E-state index in [1.165, 1.54) is 21.5 Å². The van der Waals surface area contributed by atoms with Crippen LogP contribution in [0.5, 0.6) is 0 Å². The SMILES string of the molecule is CC(C)(c1ccc([Si](C)(C)C)cc1)c1ccc([Si](C)(C)C)cc1. The molecule has 0 spiro atoms. The van der Waals surface area contributed by atoms with Crippen LogP contribution in [0.15, 0.2) is 48.5 Å². The number of rotatable bonds is 4. The highest BCUT2D eigenvalue weighted by Crippen LogP contribution is 2.30. The second kappa shape index (κ2) is 6.06. The lowest BCUT2D eigenvalue weighted by Gasteiger charge is -2.28. The molecular formula is C21H32Si2. The molecule has 2 heteroatoms. The first-order valence-corrected chi connectivity index (χ1v) is 15.6. The Morgan fingerprint density at radius 3 is 1.00 bits per heavy atom. The summed E-state index contributed by atoms with van der Waals surface area (Å²) in [5.74, 6) is 0.